The number of aromatic nitrogens is 2. The van der Waals surface area contributed by atoms with Crippen LogP contribution in [0.25, 0.3) is 0 Å². The smallest absolute Gasteiger partial charge is 0.178 e. The lowest BCUT2D eigenvalue weighted by Crippen LogP contribution is -2.07. The molecule has 0 aliphatic heterocycles. The maximum Gasteiger partial charge on any atom is 0.178 e. The number of fused-ring (bicyclic) bond motifs is 1. The first-order chi connectivity index (χ1) is 9.67. The van der Waals surface area contributed by atoms with Gasteiger partial charge in [0.2, 0.25) is 0 Å². The summed E-state index contributed by atoms with van der Waals surface area (Å²) in [5.41, 5.74) is 2.27. The molecule has 2 aromatic rings. The second-order valence-corrected chi connectivity index (χ2v) is 6.69. The van der Waals surface area contributed by atoms with Crippen LogP contribution in [0, 0.1) is 0 Å². The number of nitrogens with zero attached hydrogens (tertiary/aromatic N) is 2. The van der Waals surface area contributed by atoms with Crippen molar-refractivity contribution in [1.29, 1.82) is 0 Å². The van der Waals surface area contributed by atoms with Gasteiger partial charge in [-0.05, 0) is 50.3 Å². The molecular formula is C16H20N2OS. The maximum absolute atomic E-state index is 12.3. The van der Waals surface area contributed by atoms with Crippen molar-refractivity contribution in [2.45, 2.75) is 52.0 Å². The third kappa shape index (κ3) is 2.57. The second kappa shape index (κ2) is 5.52. The summed E-state index contributed by atoms with van der Waals surface area (Å²) in [7, 11) is 0. The molecule has 20 heavy (non-hydrogen) atoms. The van der Waals surface area contributed by atoms with Gasteiger partial charge in [-0.2, -0.15) is 5.10 Å². The molecule has 3 rings (SSSR count). The molecule has 4 heteroatoms. The van der Waals surface area contributed by atoms with Crippen molar-refractivity contribution < 1.29 is 4.79 Å². The van der Waals surface area contributed by atoms with E-state index in [4.69, 9.17) is 0 Å². The fourth-order valence-corrected chi connectivity index (χ4v) is 3.81. The van der Waals surface area contributed by atoms with Crippen LogP contribution in [0.3, 0.4) is 0 Å². The molecule has 0 saturated carbocycles. The first-order valence-electron chi connectivity index (χ1n) is 7.36. The first kappa shape index (κ1) is 13.6. The lowest BCUT2D eigenvalue weighted by atomic mass is 10.1. The average Bonchev–Trinajstić information content (AvgIpc) is 3.11. The van der Waals surface area contributed by atoms with Crippen LogP contribution >= 0.6 is 11.3 Å². The van der Waals surface area contributed by atoms with Gasteiger partial charge in [0.05, 0.1) is 17.0 Å². The number of Topliss-reactive ketones (excluding diaryl/α,β-unsaturated/α-hetero) is 1. The molecule has 2 aromatic heterocycles. The highest BCUT2D eigenvalue weighted by atomic mass is 32.1. The highest BCUT2D eigenvalue weighted by Crippen LogP contribution is 2.31. The van der Waals surface area contributed by atoms with E-state index in [0.717, 1.165) is 29.8 Å². The van der Waals surface area contributed by atoms with E-state index < -0.39 is 0 Å². The molecule has 0 fully saturated rings. The number of carbonyl (C=O) groups excluding carboxylic acids is 1. The van der Waals surface area contributed by atoms with Gasteiger partial charge in [-0.3, -0.25) is 9.48 Å². The van der Waals surface area contributed by atoms with Crippen molar-refractivity contribution in [2.24, 2.45) is 0 Å². The monoisotopic (exact) mass is 288 g/mol. The quantitative estimate of drug-likeness (QED) is 0.784. The van der Waals surface area contributed by atoms with Crippen LogP contribution in [0.5, 0.6) is 0 Å². The predicted molar refractivity (Wildman–Crippen MR) is 81.6 cm³/mol. The molecule has 0 aromatic carbocycles. The zero-order chi connectivity index (χ0) is 14.1. The molecule has 3 nitrogen and oxygen atoms in total. The molecule has 1 aliphatic carbocycles. The fourth-order valence-electron chi connectivity index (χ4n) is 2.62. The first-order valence-corrected chi connectivity index (χ1v) is 8.18. The summed E-state index contributed by atoms with van der Waals surface area (Å²) < 4.78 is 1.96. The summed E-state index contributed by atoms with van der Waals surface area (Å²) in [6.07, 6.45) is 6.98. The van der Waals surface area contributed by atoms with Crippen LogP contribution < -0.4 is 0 Å². The normalized spacial score (nSPS) is 15.3. The molecular weight excluding hydrogens is 268 g/mol. The zero-order valence-electron chi connectivity index (χ0n) is 12.1. The zero-order valence-corrected chi connectivity index (χ0v) is 12.9. The molecule has 106 valence electrons. The largest absolute Gasteiger partial charge is 0.293 e. The van der Waals surface area contributed by atoms with E-state index in [1.54, 1.807) is 11.3 Å². The van der Waals surface area contributed by atoms with E-state index in [0.29, 0.717) is 12.5 Å². The third-order valence-corrected chi connectivity index (χ3v) is 5.35. The lowest BCUT2D eigenvalue weighted by molar-refractivity contribution is 0.0995. The minimum atomic E-state index is 0.207. The Morgan fingerprint density at radius 1 is 1.50 bits per heavy atom. The van der Waals surface area contributed by atoms with Crippen molar-refractivity contribution in [3.8, 4) is 0 Å². The topological polar surface area (TPSA) is 34.9 Å². The molecule has 2 heterocycles. The summed E-state index contributed by atoms with van der Waals surface area (Å²) >= 11 is 1.68. The van der Waals surface area contributed by atoms with Crippen LogP contribution in [0.4, 0.5) is 0 Å². The molecule has 0 N–H and O–H groups in total. The maximum atomic E-state index is 12.3. The highest BCUT2D eigenvalue weighted by molar-refractivity contribution is 7.14. The van der Waals surface area contributed by atoms with E-state index >= 15 is 0 Å². The molecule has 0 radical (unpaired) electrons. The summed E-state index contributed by atoms with van der Waals surface area (Å²) in [6.45, 7) is 4.28. The van der Waals surface area contributed by atoms with Gasteiger partial charge in [0, 0.05) is 17.1 Å². The SMILES string of the molecule is CCC(C)n1ccc(CC(=O)c2cc3c(s2)CCC3)n1. The number of thiophene rings is 1. The molecule has 0 amide bonds. The number of hydrogen-bond donors (Lipinski definition) is 0. The summed E-state index contributed by atoms with van der Waals surface area (Å²) in [5.74, 6) is 0.207. The Labute approximate surface area is 123 Å². The second-order valence-electron chi connectivity index (χ2n) is 5.56. The number of carbonyl (C=O) groups is 1. The fraction of sp³-hybridized carbons (Fsp3) is 0.500. The highest BCUT2D eigenvalue weighted by Gasteiger charge is 2.19. The van der Waals surface area contributed by atoms with Gasteiger partial charge in [0.15, 0.2) is 5.78 Å². The molecule has 1 atom stereocenters. The molecule has 0 saturated heterocycles. The number of rotatable bonds is 5. The lowest BCUT2D eigenvalue weighted by Gasteiger charge is -2.07. The van der Waals surface area contributed by atoms with Gasteiger partial charge in [-0.15, -0.1) is 11.3 Å². The Bertz CT molecular complexity index is 605. The summed E-state index contributed by atoms with van der Waals surface area (Å²) in [5, 5.41) is 4.51. The van der Waals surface area contributed by atoms with E-state index in [9.17, 15) is 4.79 Å². The van der Waals surface area contributed by atoms with Crippen LogP contribution in [0.2, 0.25) is 0 Å². The summed E-state index contributed by atoms with van der Waals surface area (Å²) in [6, 6.07) is 4.45. The van der Waals surface area contributed by atoms with Gasteiger partial charge in [0.1, 0.15) is 0 Å². The van der Waals surface area contributed by atoms with Gasteiger partial charge in [-0.1, -0.05) is 6.92 Å². The van der Waals surface area contributed by atoms with Crippen LogP contribution in [0.1, 0.15) is 58.5 Å². The van der Waals surface area contributed by atoms with Gasteiger partial charge in [0.25, 0.3) is 0 Å². The Morgan fingerprint density at radius 2 is 2.35 bits per heavy atom. The minimum absolute atomic E-state index is 0.207. The van der Waals surface area contributed by atoms with Crippen LogP contribution in [-0.4, -0.2) is 15.6 Å². The molecule has 0 bridgehead atoms. The van der Waals surface area contributed by atoms with Crippen molar-refractivity contribution in [3.05, 3.63) is 39.3 Å². The minimum Gasteiger partial charge on any atom is -0.293 e. The Kier molecular flexibility index (Phi) is 3.74. The summed E-state index contributed by atoms with van der Waals surface area (Å²) in [4.78, 5) is 14.7. The number of hydrogen-bond acceptors (Lipinski definition) is 3. The molecule has 1 unspecified atom stereocenters. The predicted octanol–water partition coefficient (Wildman–Crippen LogP) is 3.83. The standard InChI is InChI=1S/C16H20N2OS/c1-3-11(2)18-8-7-13(17-18)10-14(19)16-9-12-5-4-6-15(12)20-16/h7-9,11H,3-6,10H2,1-2H3. The van der Waals surface area contributed by atoms with Gasteiger partial charge in [-0.25, -0.2) is 0 Å². The van der Waals surface area contributed by atoms with Gasteiger partial charge < -0.3 is 0 Å². The average molecular weight is 288 g/mol. The van der Waals surface area contributed by atoms with Gasteiger partial charge >= 0.3 is 0 Å². The van der Waals surface area contributed by atoms with E-state index in [1.807, 2.05) is 16.9 Å². The Balaban J connectivity index is 1.70. The van der Waals surface area contributed by atoms with E-state index in [2.05, 4.69) is 25.0 Å². The van der Waals surface area contributed by atoms with E-state index in [1.165, 1.54) is 16.9 Å². The molecule has 0 spiro atoms. The Morgan fingerprint density at radius 3 is 3.10 bits per heavy atom. The Hall–Kier alpha value is -1.42. The number of ketones is 1. The van der Waals surface area contributed by atoms with Crippen molar-refractivity contribution in [3.63, 3.8) is 0 Å². The van der Waals surface area contributed by atoms with Crippen LogP contribution in [-0.2, 0) is 19.3 Å². The van der Waals surface area contributed by atoms with Crippen molar-refractivity contribution in [1.82, 2.24) is 9.78 Å². The van der Waals surface area contributed by atoms with Crippen LogP contribution in [0.15, 0.2) is 18.3 Å². The third-order valence-electron chi connectivity index (χ3n) is 4.07. The number of aryl methyl sites for hydroxylation is 2. The van der Waals surface area contributed by atoms with Crippen molar-refractivity contribution in [2.75, 3.05) is 0 Å². The van der Waals surface area contributed by atoms with E-state index in [-0.39, 0.29) is 5.78 Å². The molecule has 1 aliphatic rings. The van der Waals surface area contributed by atoms with Crippen molar-refractivity contribution >= 4 is 17.1 Å².